The molecular formula is C25H29FN4O3. The van der Waals surface area contributed by atoms with Gasteiger partial charge in [-0.3, -0.25) is 4.79 Å². The van der Waals surface area contributed by atoms with Gasteiger partial charge in [0.25, 0.3) is 5.91 Å². The third-order valence-electron chi connectivity index (χ3n) is 5.90. The van der Waals surface area contributed by atoms with Crippen molar-refractivity contribution in [1.82, 2.24) is 15.0 Å². The second kappa shape index (κ2) is 10.6. The van der Waals surface area contributed by atoms with Crippen molar-refractivity contribution >= 4 is 11.8 Å². The molecule has 1 aliphatic heterocycles. The monoisotopic (exact) mass is 452 g/mol. The molecular weight excluding hydrogens is 423 g/mol. The Morgan fingerprint density at radius 2 is 1.79 bits per heavy atom. The van der Waals surface area contributed by atoms with E-state index in [1.807, 2.05) is 18.2 Å². The van der Waals surface area contributed by atoms with E-state index in [4.69, 9.17) is 9.26 Å². The maximum Gasteiger partial charge on any atom is 0.254 e. The number of rotatable bonds is 8. The highest BCUT2D eigenvalue weighted by Crippen LogP contribution is 2.33. The molecule has 2 aromatic carbocycles. The fourth-order valence-electron chi connectivity index (χ4n) is 3.94. The van der Waals surface area contributed by atoms with E-state index in [1.165, 1.54) is 12.1 Å². The molecule has 0 radical (unpaired) electrons. The molecule has 0 saturated carbocycles. The molecule has 0 N–H and O–H groups in total. The smallest absolute Gasteiger partial charge is 0.254 e. The van der Waals surface area contributed by atoms with Crippen LogP contribution in [0, 0.1) is 5.82 Å². The fraction of sp³-hybridized carbons (Fsp3) is 0.360. The number of amides is 1. The van der Waals surface area contributed by atoms with Crippen LogP contribution >= 0.6 is 0 Å². The van der Waals surface area contributed by atoms with Crippen LogP contribution in [0.5, 0.6) is 0 Å². The number of halogens is 1. The number of likely N-dealkylation sites (N-methyl/N-ethyl adjacent to an activating group) is 1. The first-order chi connectivity index (χ1) is 16.1. The fourth-order valence-corrected chi connectivity index (χ4v) is 3.94. The van der Waals surface area contributed by atoms with Gasteiger partial charge in [-0.2, -0.15) is 0 Å². The minimum atomic E-state index is -0.316. The maximum absolute atomic E-state index is 13.6. The largest absolute Gasteiger partial charge is 0.383 e. The van der Waals surface area contributed by atoms with Crippen molar-refractivity contribution in [1.29, 1.82) is 0 Å². The van der Waals surface area contributed by atoms with Gasteiger partial charge in [0, 0.05) is 51.0 Å². The predicted molar refractivity (Wildman–Crippen MR) is 125 cm³/mol. The molecule has 2 heterocycles. The molecule has 4 rings (SSSR count). The first kappa shape index (κ1) is 22.9. The Morgan fingerprint density at radius 1 is 1.09 bits per heavy atom. The molecule has 1 amide bonds. The second-order valence-corrected chi connectivity index (χ2v) is 8.20. The van der Waals surface area contributed by atoms with Gasteiger partial charge >= 0.3 is 0 Å². The molecule has 1 aliphatic rings. The number of carbonyl (C=O) groups excluding carboxylic acids is 1. The maximum atomic E-state index is 13.6. The van der Waals surface area contributed by atoms with Crippen LogP contribution in [0.2, 0.25) is 0 Å². The van der Waals surface area contributed by atoms with Crippen molar-refractivity contribution in [2.24, 2.45) is 0 Å². The van der Waals surface area contributed by atoms with Gasteiger partial charge in [-0.1, -0.05) is 23.4 Å². The molecule has 1 aromatic heterocycles. The predicted octanol–water partition coefficient (Wildman–Crippen LogP) is 3.52. The number of benzene rings is 2. The number of carbonyl (C=O) groups is 1. The lowest BCUT2D eigenvalue weighted by molar-refractivity contribution is 0.0680. The summed E-state index contributed by atoms with van der Waals surface area (Å²) in [5.74, 6) is 0.248. The van der Waals surface area contributed by atoms with Gasteiger partial charge in [-0.15, -0.1) is 0 Å². The zero-order valence-corrected chi connectivity index (χ0v) is 19.0. The summed E-state index contributed by atoms with van der Waals surface area (Å²) < 4.78 is 24.7. The van der Waals surface area contributed by atoms with Gasteiger partial charge in [0.2, 0.25) is 5.88 Å². The van der Waals surface area contributed by atoms with Crippen LogP contribution in [0.15, 0.2) is 59.1 Å². The van der Waals surface area contributed by atoms with Crippen LogP contribution in [0.1, 0.15) is 15.9 Å². The Hall–Kier alpha value is -3.23. The van der Waals surface area contributed by atoms with Crippen LogP contribution in [-0.2, 0) is 11.3 Å². The molecule has 1 saturated heterocycles. The van der Waals surface area contributed by atoms with Crippen molar-refractivity contribution in [3.8, 4) is 11.3 Å². The van der Waals surface area contributed by atoms with Gasteiger partial charge in [-0.05, 0) is 43.4 Å². The molecule has 0 aliphatic carbocycles. The average Bonchev–Trinajstić information content (AvgIpc) is 3.26. The Morgan fingerprint density at radius 3 is 2.45 bits per heavy atom. The number of hydrogen-bond acceptors (Lipinski definition) is 6. The number of aromatic nitrogens is 1. The lowest BCUT2D eigenvalue weighted by atomic mass is 10.1. The summed E-state index contributed by atoms with van der Waals surface area (Å²) in [6.07, 6.45) is 0. The van der Waals surface area contributed by atoms with Gasteiger partial charge in [0.05, 0.1) is 18.7 Å². The van der Waals surface area contributed by atoms with Crippen LogP contribution in [-0.4, -0.2) is 74.4 Å². The van der Waals surface area contributed by atoms with Crippen molar-refractivity contribution < 1.29 is 18.4 Å². The van der Waals surface area contributed by atoms with Gasteiger partial charge in [0.1, 0.15) is 11.5 Å². The van der Waals surface area contributed by atoms with E-state index in [9.17, 15) is 9.18 Å². The molecule has 7 nitrogen and oxygen atoms in total. The summed E-state index contributed by atoms with van der Waals surface area (Å²) in [6.45, 7) is 4.53. The quantitative estimate of drug-likeness (QED) is 0.521. The molecule has 0 unspecified atom stereocenters. The first-order valence-corrected chi connectivity index (χ1v) is 11.1. The highest BCUT2D eigenvalue weighted by atomic mass is 19.1. The van der Waals surface area contributed by atoms with E-state index in [0.717, 1.165) is 37.3 Å². The highest BCUT2D eigenvalue weighted by molar-refractivity contribution is 5.94. The number of piperazine rings is 1. The Kier molecular flexibility index (Phi) is 7.36. The number of methoxy groups -OCH3 is 1. The van der Waals surface area contributed by atoms with Crippen molar-refractivity contribution in [3.63, 3.8) is 0 Å². The zero-order valence-electron chi connectivity index (χ0n) is 19.0. The van der Waals surface area contributed by atoms with Gasteiger partial charge in [0.15, 0.2) is 0 Å². The molecule has 33 heavy (non-hydrogen) atoms. The van der Waals surface area contributed by atoms with Crippen LogP contribution in [0.3, 0.4) is 0 Å². The lowest BCUT2D eigenvalue weighted by Crippen LogP contribution is -2.45. The number of ether oxygens (including phenoxy) is 1. The van der Waals surface area contributed by atoms with Crippen molar-refractivity contribution in [2.75, 3.05) is 58.4 Å². The topological polar surface area (TPSA) is 62.1 Å². The summed E-state index contributed by atoms with van der Waals surface area (Å²) in [5, 5.41) is 4.35. The van der Waals surface area contributed by atoms with E-state index in [0.29, 0.717) is 36.8 Å². The van der Waals surface area contributed by atoms with E-state index in [2.05, 4.69) is 22.0 Å². The summed E-state index contributed by atoms with van der Waals surface area (Å²) in [4.78, 5) is 19.5. The lowest BCUT2D eigenvalue weighted by Gasteiger charge is -2.33. The minimum absolute atomic E-state index is 0.0942. The van der Waals surface area contributed by atoms with Crippen LogP contribution in [0.4, 0.5) is 10.3 Å². The number of anilines is 1. The second-order valence-electron chi connectivity index (χ2n) is 8.20. The summed E-state index contributed by atoms with van der Waals surface area (Å²) in [6, 6.07) is 15.4. The van der Waals surface area contributed by atoms with E-state index in [1.54, 1.807) is 36.3 Å². The van der Waals surface area contributed by atoms with Crippen LogP contribution < -0.4 is 4.90 Å². The van der Waals surface area contributed by atoms with Gasteiger partial charge in [-0.25, -0.2) is 4.39 Å². The van der Waals surface area contributed by atoms with E-state index < -0.39 is 0 Å². The normalized spacial score (nSPS) is 14.5. The minimum Gasteiger partial charge on any atom is -0.383 e. The number of nitrogens with zero attached hydrogens (tertiary/aromatic N) is 4. The Balaban J connectivity index is 1.71. The van der Waals surface area contributed by atoms with Crippen molar-refractivity contribution in [3.05, 3.63) is 71.5 Å². The third-order valence-corrected chi connectivity index (χ3v) is 5.90. The standard InChI is InChI=1S/C25H29FN4O3/c1-28-12-14-29(15-13-28)25-22(23(27-33-25)19-8-10-21(26)11-9-19)18-30(16-17-32-2)24(31)20-6-4-3-5-7-20/h3-11H,12-18H2,1-2H3. The molecule has 0 spiro atoms. The van der Waals surface area contributed by atoms with E-state index >= 15 is 0 Å². The van der Waals surface area contributed by atoms with Crippen molar-refractivity contribution in [2.45, 2.75) is 6.54 Å². The molecule has 0 atom stereocenters. The average molecular weight is 453 g/mol. The highest BCUT2D eigenvalue weighted by Gasteiger charge is 2.28. The molecule has 8 heteroatoms. The van der Waals surface area contributed by atoms with Gasteiger partial charge < -0.3 is 24.0 Å². The third kappa shape index (κ3) is 5.40. The summed E-state index contributed by atoms with van der Waals surface area (Å²) >= 11 is 0. The van der Waals surface area contributed by atoms with E-state index in [-0.39, 0.29) is 11.7 Å². The molecule has 174 valence electrons. The summed E-state index contributed by atoms with van der Waals surface area (Å²) in [7, 11) is 3.71. The molecule has 3 aromatic rings. The Labute approximate surface area is 193 Å². The Bertz CT molecular complexity index is 1050. The summed E-state index contributed by atoms with van der Waals surface area (Å²) in [5.41, 5.74) is 2.78. The first-order valence-electron chi connectivity index (χ1n) is 11.1. The molecule has 1 fully saturated rings. The number of hydrogen-bond donors (Lipinski definition) is 0. The SMILES string of the molecule is COCCN(Cc1c(-c2ccc(F)cc2)noc1N1CCN(C)CC1)C(=O)c1ccccc1. The zero-order chi connectivity index (χ0) is 23.2. The molecule has 0 bridgehead atoms. The van der Waals surface area contributed by atoms with Crippen LogP contribution in [0.25, 0.3) is 11.3 Å².